The molecule has 0 aromatic carbocycles. The van der Waals surface area contributed by atoms with Gasteiger partial charge < -0.3 is 235 Å². The van der Waals surface area contributed by atoms with E-state index in [1.165, 1.54) is 9.80 Å². The molecule has 0 spiro atoms. The van der Waals surface area contributed by atoms with E-state index < -0.39 is 340 Å². The smallest absolute Gasteiger partial charge is 0.242 e. The molecule has 4 unspecified atom stereocenters. The number of rotatable bonds is 69. The van der Waals surface area contributed by atoms with Crippen molar-refractivity contribution in [3.05, 3.63) is 0 Å². The van der Waals surface area contributed by atoms with E-state index >= 15 is 0 Å². The number of nitrogens with one attached hydrogen (secondary N) is 5. The quantitative estimate of drug-likeness (QED) is 0.0251. The Morgan fingerprint density at radius 2 is 0.604 bits per heavy atom. The van der Waals surface area contributed by atoms with E-state index in [0.717, 1.165) is 0 Å². The minimum Gasteiger partial charge on any atom is -0.394 e. The number of ketones is 3. The zero-order chi connectivity index (χ0) is 110. The molecule has 0 aromatic rings. The van der Waals surface area contributed by atoms with Crippen LogP contribution in [0.15, 0.2) is 0 Å². The van der Waals surface area contributed by atoms with Crippen molar-refractivity contribution in [2.45, 2.75) is 382 Å². The summed E-state index contributed by atoms with van der Waals surface area (Å²) in [7, 11) is 0. The standard InChI is InChI=1S/C92H159N7O50/c1-2-47(106)14-9-10-15-48(107)21-24-60(111)97-50(85(135)96-27-12-3-6-16-58(109)94-28-33-136-91-82(133)83(149-92-81(132)75(126)68(119)56(44-105)147-92)69(120)57(148-91)45-141-90-80(131)74(125)67(118)55(43-104)146-90)22-20-49(108)38-46(84(134)95-26-13-5-8-18-62(113)99(31-36-139-88-78(129)72(123)65(116)53(41-102)144-88)32-37-140-89-79(130)73(124)66(117)54(42-103)145-89)19-23-59(110)93-25-11-4-7-17-61(112)98(29-34-137-86-76(127)70(121)63(114)51(39-100)142-86)30-35-138-87-77(128)71(122)64(115)52(40-101)143-87/h46,50-57,63-83,86-92,100-105,114-133H,2-45H2,1H3,(H,93,110)(H,94,109)(H,95,134)(H,96,135)(H,97,111)/t46-,50+,51-,52-,53-,54-,55-,56-,57-,63-,64-,65-,66-,67-,68-,69-,70+,71+,72+,73+,74+,75+,76+,77+,78+,79+,80+,81+,82+,83+,86?,87?,88?,89?,90+,91+,92-/m1/s1. The molecule has 57 heteroatoms. The summed E-state index contributed by atoms with van der Waals surface area (Å²) in [6.07, 6.45) is -58.5. The minimum atomic E-state index is -2.02. The molecule has 0 aromatic heterocycles. The normalized spacial score (nSPS) is 33.7. The highest BCUT2D eigenvalue weighted by molar-refractivity contribution is 5.91. The van der Waals surface area contributed by atoms with Gasteiger partial charge in [-0.3, -0.25) is 47.9 Å². The van der Waals surface area contributed by atoms with Crippen molar-refractivity contribution < 1.29 is 247 Å². The van der Waals surface area contributed by atoms with Gasteiger partial charge in [-0.2, -0.15) is 0 Å². The third-order valence-corrected chi connectivity index (χ3v) is 26.7. The summed E-state index contributed by atoms with van der Waals surface area (Å²) in [5, 5.41) is 282. The summed E-state index contributed by atoms with van der Waals surface area (Å²) in [5.74, 6) is -6.34. The number of amides is 7. The summed E-state index contributed by atoms with van der Waals surface area (Å²) < 4.78 is 77.9. The van der Waals surface area contributed by atoms with Gasteiger partial charge in [0.1, 0.15) is 194 Å². The molecule has 0 saturated carbocycles. The number of nitrogens with zero attached hydrogens (tertiary/aromatic N) is 2. The number of unbranched alkanes of at least 4 members (excludes halogenated alkanes) is 7. The van der Waals surface area contributed by atoms with E-state index in [1.807, 2.05) is 0 Å². The van der Waals surface area contributed by atoms with Crippen molar-refractivity contribution in [1.29, 1.82) is 0 Å². The van der Waals surface area contributed by atoms with Gasteiger partial charge in [0, 0.05) is 129 Å². The fraction of sp³-hybridized carbons (Fsp3) is 0.891. The van der Waals surface area contributed by atoms with E-state index in [0.29, 0.717) is 38.5 Å². The molecule has 862 valence electrons. The SMILES string of the molecule is CCC(=O)CCCCC(=O)CCC(=O)N[C@@H](CCC(=O)C[C@@H](CCC(=O)NCCCCCC(=O)N(CCOC1O[C@H](CO)[C@@H](O)[C@H](O)[C@@H]1O)CCOC1O[C@H](CO)[C@@H](O)[C@H](O)[C@@H]1O)C(=O)NCCCCCC(=O)N(CCOC1O[C@H](CO)[C@@H](O)[C@H](O)[C@@H]1O)CCOC1O[C@H](CO)[C@@H](O)[C@H](O)[C@@H]1O)C(=O)NCCCCCC(=O)NCCO[C@H]1O[C@H](CO[C@H]2O[C@H](CO)[C@@H](O)[C@H](O)[C@@H]2O)[C@@H](O)[C@H](O[C@H]2O[C@H](CO)[C@@H](O)[C@H](O)[C@@H]2O)[C@@H]1O. The molecule has 0 bridgehead atoms. The van der Waals surface area contributed by atoms with Crippen LogP contribution >= 0.6 is 0 Å². The molecule has 31 N–H and O–H groups in total. The molecule has 0 radical (unpaired) electrons. The van der Waals surface area contributed by atoms with Crippen LogP contribution in [0.5, 0.6) is 0 Å². The summed E-state index contributed by atoms with van der Waals surface area (Å²) in [5.41, 5.74) is 0. The second-order valence-corrected chi connectivity index (χ2v) is 37.7. The van der Waals surface area contributed by atoms with Gasteiger partial charge >= 0.3 is 0 Å². The lowest BCUT2D eigenvalue weighted by Crippen LogP contribution is -2.65. The monoisotopic (exact) mass is 2160 g/mol. The molecule has 7 aliphatic heterocycles. The average Bonchev–Trinajstić information content (AvgIpc) is 0.777. The van der Waals surface area contributed by atoms with Crippen LogP contribution in [0.1, 0.15) is 161 Å². The van der Waals surface area contributed by atoms with Crippen molar-refractivity contribution in [3.8, 4) is 0 Å². The van der Waals surface area contributed by atoms with Crippen LogP contribution < -0.4 is 26.6 Å². The maximum absolute atomic E-state index is 14.3. The highest BCUT2D eigenvalue weighted by Crippen LogP contribution is 2.34. The zero-order valence-corrected chi connectivity index (χ0v) is 83.3. The Kier molecular flexibility index (Phi) is 58.8. The summed E-state index contributed by atoms with van der Waals surface area (Å²) in [6, 6.07) is -1.42. The first-order valence-electron chi connectivity index (χ1n) is 50.8. The number of hydrogen-bond donors (Lipinski definition) is 31. The molecule has 0 aliphatic carbocycles. The molecule has 57 nitrogen and oxygen atoms in total. The largest absolute Gasteiger partial charge is 0.394 e. The topological polar surface area (TPSA) is 893 Å². The van der Waals surface area contributed by atoms with Crippen LogP contribution in [0, 0.1) is 5.92 Å². The Balaban J connectivity index is 0.969. The first kappa shape index (κ1) is 130. The maximum Gasteiger partial charge on any atom is 0.242 e. The predicted octanol–water partition coefficient (Wildman–Crippen LogP) is -15.0. The zero-order valence-electron chi connectivity index (χ0n) is 83.3. The number of aliphatic hydroxyl groups excluding tert-OH is 26. The predicted molar refractivity (Wildman–Crippen MR) is 496 cm³/mol. The fourth-order valence-electron chi connectivity index (χ4n) is 17.3. The van der Waals surface area contributed by atoms with Crippen LogP contribution in [-0.4, -0.2) is 554 Å². The summed E-state index contributed by atoms with van der Waals surface area (Å²) in [4.78, 5) is 138. The van der Waals surface area contributed by atoms with Crippen molar-refractivity contribution in [2.24, 2.45) is 5.92 Å². The highest BCUT2D eigenvalue weighted by atomic mass is 16.8. The van der Waals surface area contributed by atoms with E-state index in [1.54, 1.807) is 6.92 Å². The Morgan fingerprint density at radius 3 is 1.01 bits per heavy atom. The van der Waals surface area contributed by atoms with Gasteiger partial charge in [0.2, 0.25) is 41.4 Å². The number of Topliss-reactive ketones (excluding diaryl/α,β-unsaturated/α-hetero) is 3. The van der Waals surface area contributed by atoms with Crippen LogP contribution in [0.25, 0.3) is 0 Å². The molecule has 7 fully saturated rings. The maximum atomic E-state index is 14.3. The molecule has 7 saturated heterocycles. The number of aliphatic hydroxyl groups is 26. The number of carbonyl (C=O) groups is 10. The Bertz CT molecular complexity index is 3830. The lowest BCUT2D eigenvalue weighted by atomic mass is 9.93. The van der Waals surface area contributed by atoms with Gasteiger partial charge in [0.25, 0.3) is 0 Å². The Hall–Kier alpha value is -6.30. The van der Waals surface area contributed by atoms with Gasteiger partial charge in [-0.05, 0) is 64.2 Å². The summed E-state index contributed by atoms with van der Waals surface area (Å²) >= 11 is 0. The average molecular weight is 2160 g/mol. The lowest BCUT2D eigenvalue weighted by Gasteiger charge is -2.46. The van der Waals surface area contributed by atoms with Crippen LogP contribution in [-0.2, 0) is 114 Å². The molecule has 37 atom stereocenters. The first-order chi connectivity index (χ1) is 71.1. The Morgan fingerprint density at radius 1 is 0.275 bits per heavy atom. The van der Waals surface area contributed by atoms with Crippen molar-refractivity contribution in [2.75, 3.05) is 132 Å². The molecule has 7 heterocycles. The third-order valence-electron chi connectivity index (χ3n) is 26.7. The molecular formula is C92H159N7O50. The number of carbonyl (C=O) groups excluding carboxylic acids is 10. The van der Waals surface area contributed by atoms with Gasteiger partial charge in [0.05, 0.1) is 79.3 Å². The molecule has 7 aliphatic rings. The van der Waals surface area contributed by atoms with E-state index in [4.69, 9.17) is 66.3 Å². The molecular weight excluding hydrogens is 2000 g/mol. The minimum absolute atomic E-state index is 0.0140. The van der Waals surface area contributed by atoms with Crippen LogP contribution in [0.4, 0.5) is 0 Å². The first-order valence-corrected chi connectivity index (χ1v) is 50.8. The van der Waals surface area contributed by atoms with E-state index in [2.05, 4.69) is 26.6 Å². The van der Waals surface area contributed by atoms with Crippen molar-refractivity contribution >= 4 is 58.7 Å². The third kappa shape index (κ3) is 40.7. The fourth-order valence-corrected chi connectivity index (χ4v) is 17.3. The van der Waals surface area contributed by atoms with Crippen molar-refractivity contribution in [3.63, 3.8) is 0 Å². The van der Waals surface area contributed by atoms with Gasteiger partial charge in [-0.1, -0.05) is 26.2 Å². The lowest BCUT2D eigenvalue weighted by molar-refractivity contribution is -0.366. The summed E-state index contributed by atoms with van der Waals surface area (Å²) in [6.45, 7) is -6.75. The highest BCUT2D eigenvalue weighted by Gasteiger charge is 2.55. The number of ether oxygens (including phenoxy) is 14. The van der Waals surface area contributed by atoms with E-state index in [-0.39, 0.29) is 193 Å². The second kappa shape index (κ2) is 67.6. The van der Waals surface area contributed by atoms with Gasteiger partial charge in [-0.15, -0.1) is 0 Å². The Labute approximate surface area is 858 Å². The van der Waals surface area contributed by atoms with Gasteiger partial charge in [0.15, 0.2) is 44.0 Å². The molecule has 7 rings (SSSR count). The number of hydrogen-bond acceptors (Lipinski definition) is 50. The second-order valence-electron chi connectivity index (χ2n) is 37.7. The van der Waals surface area contributed by atoms with Crippen LogP contribution in [0.2, 0.25) is 0 Å². The molecule has 7 amide bonds. The van der Waals surface area contributed by atoms with E-state index in [9.17, 15) is 181 Å². The van der Waals surface area contributed by atoms with Crippen molar-refractivity contribution in [1.82, 2.24) is 36.4 Å². The van der Waals surface area contributed by atoms with Gasteiger partial charge in [-0.25, -0.2) is 0 Å². The molecule has 149 heavy (non-hydrogen) atoms. The van der Waals surface area contributed by atoms with Crippen LogP contribution in [0.3, 0.4) is 0 Å².